The van der Waals surface area contributed by atoms with E-state index in [0.717, 1.165) is 16.9 Å². The van der Waals surface area contributed by atoms with Crippen LogP contribution in [0.2, 0.25) is 0 Å². The molecule has 0 bridgehead atoms. The molecule has 1 heterocycles. The molecular weight excluding hydrogens is 326 g/mol. The van der Waals surface area contributed by atoms with Gasteiger partial charge in [-0.15, -0.1) is 0 Å². The normalized spacial score (nSPS) is 13.2. The van der Waals surface area contributed by atoms with Crippen LogP contribution in [0.4, 0.5) is 5.69 Å². The van der Waals surface area contributed by atoms with Crippen LogP contribution in [0.3, 0.4) is 0 Å². The first-order valence-corrected chi connectivity index (χ1v) is 8.61. The summed E-state index contributed by atoms with van der Waals surface area (Å²) in [6, 6.07) is 16.4. The Morgan fingerprint density at radius 2 is 1.73 bits per heavy atom. The molecule has 2 unspecified atom stereocenters. The summed E-state index contributed by atoms with van der Waals surface area (Å²) in [6.07, 6.45) is 3.21. The van der Waals surface area contributed by atoms with Crippen molar-refractivity contribution in [1.29, 1.82) is 0 Å². The van der Waals surface area contributed by atoms with E-state index in [9.17, 15) is 4.79 Å². The van der Waals surface area contributed by atoms with Gasteiger partial charge in [0.05, 0.1) is 5.69 Å². The highest BCUT2D eigenvalue weighted by atomic mass is 16.1. The van der Waals surface area contributed by atoms with E-state index in [2.05, 4.69) is 52.8 Å². The standard InChI is InChI=1S/C20H23N5O/c1-14(17-6-4-8-19(10-17)24-16(3)26)23-15(2)18-7-5-9-20(11-18)25-13-21-12-22-25/h4-15,23H,1-3H3,(H,24,26). The van der Waals surface area contributed by atoms with Gasteiger partial charge in [-0.1, -0.05) is 24.3 Å². The Kier molecular flexibility index (Phi) is 5.43. The quantitative estimate of drug-likeness (QED) is 0.713. The summed E-state index contributed by atoms with van der Waals surface area (Å²) in [6.45, 7) is 5.76. The number of amides is 1. The lowest BCUT2D eigenvalue weighted by atomic mass is 10.0. The molecule has 2 N–H and O–H groups in total. The first kappa shape index (κ1) is 17.8. The molecule has 0 saturated heterocycles. The molecule has 2 aromatic carbocycles. The summed E-state index contributed by atoms with van der Waals surface area (Å²) in [4.78, 5) is 15.2. The summed E-state index contributed by atoms with van der Waals surface area (Å²) in [7, 11) is 0. The number of carbonyl (C=O) groups excluding carboxylic acids is 1. The Labute approximate surface area is 153 Å². The van der Waals surface area contributed by atoms with Crippen LogP contribution in [-0.4, -0.2) is 20.7 Å². The van der Waals surface area contributed by atoms with Crippen LogP contribution in [0.1, 0.15) is 44.0 Å². The van der Waals surface area contributed by atoms with Crippen molar-refractivity contribution < 1.29 is 4.79 Å². The minimum atomic E-state index is -0.0685. The van der Waals surface area contributed by atoms with Gasteiger partial charge in [-0.3, -0.25) is 4.79 Å². The van der Waals surface area contributed by atoms with Gasteiger partial charge in [0, 0.05) is 24.7 Å². The summed E-state index contributed by atoms with van der Waals surface area (Å²) in [5.41, 5.74) is 4.08. The maximum atomic E-state index is 11.2. The molecule has 3 aromatic rings. The van der Waals surface area contributed by atoms with E-state index in [0.29, 0.717) is 0 Å². The third-order valence-corrected chi connectivity index (χ3v) is 4.26. The molecule has 0 aliphatic carbocycles. The first-order chi connectivity index (χ1) is 12.5. The van der Waals surface area contributed by atoms with E-state index >= 15 is 0 Å². The zero-order chi connectivity index (χ0) is 18.5. The second kappa shape index (κ2) is 7.93. The van der Waals surface area contributed by atoms with E-state index in [1.165, 1.54) is 18.8 Å². The second-order valence-corrected chi connectivity index (χ2v) is 6.35. The number of anilines is 1. The lowest BCUT2D eigenvalue weighted by Gasteiger charge is -2.22. The van der Waals surface area contributed by atoms with Crippen molar-refractivity contribution in [2.45, 2.75) is 32.9 Å². The number of hydrogen-bond acceptors (Lipinski definition) is 4. The van der Waals surface area contributed by atoms with Gasteiger partial charge in [0.25, 0.3) is 0 Å². The third kappa shape index (κ3) is 4.34. The maximum Gasteiger partial charge on any atom is 0.221 e. The van der Waals surface area contributed by atoms with Gasteiger partial charge < -0.3 is 10.6 Å². The fourth-order valence-corrected chi connectivity index (χ4v) is 2.93. The molecule has 6 nitrogen and oxygen atoms in total. The molecule has 26 heavy (non-hydrogen) atoms. The van der Waals surface area contributed by atoms with Gasteiger partial charge in [0.2, 0.25) is 5.91 Å². The molecule has 0 aliphatic rings. The Morgan fingerprint density at radius 1 is 1.04 bits per heavy atom. The van der Waals surface area contributed by atoms with Gasteiger partial charge in [-0.2, -0.15) is 5.10 Å². The van der Waals surface area contributed by atoms with E-state index in [1.54, 1.807) is 11.0 Å². The molecule has 0 spiro atoms. The maximum absolute atomic E-state index is 11.2. The van der Waals surface area contributed by atoms with Crippen LogP contribution in [0.5, 0.6) is 0 Å². The van der Waals surface area contributed by atoms with Gasteiger partial charge in [-0.05, 0) is 49.2 Å². The Bertz CT molecular complexity index is 875. The van der Waals surface area contributed by atoms with Crippen LogP contribution in [-0.2, 0) is 4.79 Å². The van der Waals surface area contributed by atoms with Crippen molar-refractivity contribution in [3.63, 3.8) is 0 Å². The fourth-order valence-electron chi connectivity index (χ4n) is 2.93. The molecule has 0 radical (unpaired) electrons. The number of nitrogens with zero attached hydrogens (tertiary/aromatic N) is 3. The highest BCUT2D eigenvalue weighted by Crippen LogP contribution is 2.23. The zero-order valence-electron chi connectivity index (χ0n) is 15.2. The molecule has 0 fully saturated rings. The van der Waals surface area contributed by atoms with Crippen molar-refractivity contribution in [2.75, 3.05) is 5.32 Å². The van der Waals surface area contributed by atoms with E-state index in [-0.39, 0.29) is 18.0 Å². The van der Waals surface area contributed by atoms with Crippen LogP contribution in [0.25, 0.3) is 5.69 Å². The van der Waals surface area contributed by atoms with E-state index in [4.69, 9.17) is 0 Å². The number of carbonyl (C=O) groups is 1. The van der Waals surface area contributed by atoms with Crippen molar-refractivity contribution >= 4 is 11.6 Å². The van der Waals surface area contributed by atoms with Crippen LogP contribution in [0.15, 0.2) is 61.2 Å². The molecule has 1 aromatic heterocycles. The first-order valence-electron chi connectivity index (χ1n) is 8.61. The molecular formula is C20H23N5O. The number of hydrogen-bond donors (Lipinski definition) is 2. The average Bonchev–Trinajstić information content (AvgIpc) is 3.16. The predicted molar refractivity (Wildman–Crippen MR) is 102 cm³/mol. The summed E-state index contributed by atoms with van der Waals surface area (Å²) in [5.74, 6) is -0.0685. The smallest absolute Gasteiger partial charge is 0.221 e. The predicted octanol–water partition coefficient (Wildman–Crippen LogP) is 3.64. The Hall–Kier alpha value is -2.99. The third-order valence-electron chi connectivity index (χ3n) is 4.26. The average molecular weight is 349 g/mol. The molecule has 134 valence electrons. The molecule has 0 aliphatic heterocycles. The summed E-state index contributed by atoms with van der Waals surface area (Å²) in [5, 5.41) is 10.6. The van der Waals surface area contributed by atoms with Crippen LogP contribution >= 0.6 is 0 Å². The number of nitrogens with one attached hydrogen (secondary N) is 2. The van der Waals surface area contributed by atoms with Crippen LogP contribution < -0.4 is 10.6 Å². The number of benzene rings is 2. The van der Waals surface area contributed by atoms with Crippen molar-refractivity contribution in [3.05, 3.63) is 72.3 Å². The molecule has 0 saturated carbocycles. The second-order valence-electron chi connectivity index (χ2n) is 6.35. The van der Waals surface area contributed by atoms with Crippen LogP contribution in [0, 0.1) is 0 Å². The summed E-state index contributed by atoms with van der Waals surface area (Å²) >= 11 is 0. The monoisotopic (exact) mass is 349 g/mol. The van der Waals surface area contributed by atoms with Crippen molar-refractivity contribution in [3.8, 4) is 5.69 Å². The minimum Gasteiger partial charge on any atom is -0.326 e. The number of rotatable bonds is 6. The SMILES string of the molecule is CC(=O)Nc1cccc(C(C)NC(C)c2cccc(-n3cncn3)c2)c1. The lowest BCUT2D eigenvalue weighted by Crippen LogP contribution is -2.22. The van der Waals surface area contributed by atoms with Gasteiger partial charge in [0.15, 0.2) is 0 Å². The van der Waals surface area contributed by atoms with Crippen molar-refractivity contribution in [1.82, 2.24) is 20.1 Å². The molecule has 3 rings (SSSR count). The highest BCUT2D eigenvalue weighted by molar-refractivity contribution is 5.88. The largest absolute Gasteiger partial charge is 0.326 e. The van der Waals surface area contributed by atoms with Gasteiger partial charge >= 0.3 is 0 Å². The van der Waals surface area contributed by atoms with Gasteiger partial charge in [-0.25, -0.2) is 9.67 Å². The minimum absolute atomic E-state index is 0.0685. The molecule has 1 amide bonds. The number of aromatic nitrogens is 3. The van der Waals surface area contributed by atoms with E-state index in [1.807, 2.05) is 30.3 Å². The lowest BCUT2D eigenvalue weighted by molar-refractivity contribution is -0.114. The summed E-state index contributed by atoms with van der Waals surface area (Å²) < 4.78 is 1.75. The Balaban J connectivity index is 1.72. The molecule has 2 atom stereocenters. The fraction of sp³-hybridized carbons (Fsp3) is 0.250. The van der Waals surface area contributed by atoms with Crippen molar-refractivity contribution in [2.24, 2.45) is 0 Å². The highest BCUT2D eigenvalue weighted by Gasteiger charge is 2.12. The topological polar surface area (TPSA) is 71.8 Å². The zero-order valence-corrected chi connectivity index (χ0v) is 15.2. The van der Waals surface area contributed by atoms with E-state index < -0.39 is 0 Å². The van der Waals surface area contributed by atoms with Gasteiger partial charge in [0.1, 0.15) is 12.7 Å². The molecule has 6 heteroatoms. The Morgan fingerprint density at radius 3 is 2.38 bits per heavy atom.